The molecule has 2 aromatic rings. The molecule has 0 N–H and O–H groups in total. The molecule has 5 heteroatoms. The molecular weight excluding hydrogens is 533 g/mol. The van der Waals surface area contributed by atoms with Gasteiger partial charge in [-0.15, -0.1) is 0 Å². The summed E-state index contributed by atoms with van der Waals surface area (Å²) in [6, 6.07) is 12.2. The normalized spacial score (nSPS) is 11.8. The predicted octanol–water partition coefficient (Wildman–Crippen LogP) is 8.87. The number of aromatic nitrogens is 2. The Morgan fingerprint density at radius 3 is 1.18 bits per heavy atom. The smallest absolute Gasteiger partial charge is 0.0441 e. The molecule has 0 fully saturated rings. The van der Waals surface area contributed by atoms with E-state index in [0.29, 0.717) is 0 Å². The summed E-state index contributed by atoms with van der Waals surface area (Å²) in [4.78, 5) is 8.64. The molecule has 2 rings (SSSR count). The average molecular weight is 577 g/mol. The van der Waals surface area contributed by atoms with Gasteiger partial charge in [0.1, 0.15) is 0 Å². The summed E-state index contributed by atoms with van der Waals surface area (Å²) < 4.78 is 0. The Kier molecular flexibility index (Phi) is 18.2. The number of nitrogens with zero attached hydrogens (tertiary/aromatic N) is 2. The maximum absolute atomic E-state index is 4.32. The van der Waals surface area contributed by atoms with Crippen molar-refractivity contribution in [2.75, 3.05) is 0 Å². The Hall–Kier alpha value is -0.698. The molecule has 0 amide bonds. The zero-order valence-corrected chi connectivity index (χ0v) is 25.1. The first kappa shape index (κ1) is 32.3. The van der Waals surface area contributed by atoms with Crippen LogP contribution in [0.3, 0.4) is 0 Å². The molecule has 33 heavy (non-hydrogen) atoms. The van der Waals surface area contributed by atoms with Gasteiger partial charge >= 0.3 is 0 Å². The molecular formula is C28H44N2P2Pd. The Labute approximate surface area is 220 Å². The summed E-state index contributed by atoms with van der Waals surface area (Å²) in [5.41, 5.74) is 5.40. The van der Waals surface area contributed by atoms with E-state index in [0.717, 1.165) is 46.9 Å². The van der Waals surface area contributed by atoms with Crippen LogP contribution in [0.4, 0.5) is 0 Å². The van der Waals surface area contributed by atoms with Gasteiger partial charge in [0.25, 0.3) is 0 Å². The van der Waals surface area contributed by atoms with Crippen molar-refractivity contribution in [3.05, 3.63) is 84.0 Å². The van der Waals surface area contributed by atoms with Crippen LogP contribution in [0.5, 0.6) is 0 Å². The van der Waals surface area contributed by atoms with Crippen molar-refractivity contribution in [1.82, 2.24) is 9.97 Å². The maximum atomic E-state index is 4.32. The van der Waals surface area contributed by atoms with E-state index >= 15 is 0 Å². The summed E-state index contributed by atoms with van der Waals surface area (Å²) in [5, 5.41) is 0. The van der Waals surface area contributed by atoms with E-state index < -0.39 is 0 Å². The van der Waals surface area contributed by atoms with Crippen LogP contribution in [0.2, 0.25) is 0 Å². The second kappa shape index (κ2) is 18.6. The van der Waals surface area contributed by atoms with E-state index in [2.05, 4.69) is 101 Å². The monoisotopic (exact) mass is 576 g/mol. The Balaban J connectivity index is 0.000000602. The third kappa shape index (κ3) is 14.3. The van der Waals surface area contributed by atoms with Crippen molar-refractivity contribution in [2.24, 2.45) is 0 Å². The van der Waals surface area contributed by atoms with Gasteiger partial charge in [-0.3, -0.25) is 9.97 Å². The van der Waals surface area contributed by atoms with Crippen molar-refractivity contribution in [2.45, 2.75) is 90.9 Å². The van der Waals surface area contributed by atoms with E-state index in [1.165, 1.54) is 0 Å². The van der Waals surface area contributed by atoms with Crippen LogP contribution >= 0.6 is 15.8 Å². The molecule has 0 saturated heterocycles. The summed E-state index contributed by atoms with van der Waals surface area (Å²) in [5.74, 6) is 4.83. The Morgan fingerprint density at radius 2 is 0.939 bits per heavy atom. The SMILES string of the molecule is CC(C)P(C=CCc1ccccn1)C(C)C.CC(C)P(C=CCc1ccccn1)C(C)C.[Pd]. The maximum Gasteiger partial charge on any atom is 0.0441 e. The molecule has 2 nitrogen and oxygen atoms in total. The zero-order chi connectivity index (χ0) is 23.9. The van der Waals surface area contributed by atoms with Gasteiger partial charge in [-0.1, -0.05) is 107 Å². The van der Waals surface area contributed by atoms with Crippen LogP contribution < -0.4 is 0 Å². The fourth-order valence-electron chi connectivity index (χ4n) is 3.51. The fourth-order valence-corrected chi connectivity index (χ4v) is 7.97. The minimum absolute atomic E-state index is 0. The van der Waals surface area contributed by atoms with E-state index in [1.807, 2.05) is 36.7 Å². The Bertz CT molecular complexity index is 691. The largest absolute Gasteiger partial charge is 0.261 e. The number of hydrogen-bond acceptors (Lipinski definition) is 2. The second-order valence-corrected chi connectivity index (χ2v) is 15.6. The van der Waals surface area contributed by atoms with Gasteiger partial charge in [0, 0.05) is 57.0 Å². The summed E-state index contributed by atoms with van der Waals surface area (Å²) in [6.07, 6.45) is 10.2. The number of hydrogen-bond donors (Lipinski definition) is 0. The molecule has 0 aromatic carbocycles. The van der Waals surface area contributed by atoms with Crippen LogP contribution in [-0.4, -0.2) is 32.6 Å². The Morgan fingerprint density at radius 1 is 0.606 bits per heavy atom. The van der Waals surface area contributed by atoms with Gasteiger partial charge < -0.3 is 0 Å². The van der Waals surface area contributed by atoms with Crippen LogP contribution in [0.15, 0.2) is 72.6 Å². The molecule has 0 atom stereocenters. The first-order valence-corrected chi connectivity index (χ1v) is 15.0. The second-order valence-electron chi connectivity index (χ2n) is 9.09. The number of allylic oxidation sites excluding steroid dienone is 2. The first-order chi connectivity index (χ1) is 15.2. The van der Waals surface area contributed by atoms with E-state index in [9.17, 15) is 0 Å². The molecule has 0 saturated carbocycles. The third-order valence-electron chi connectivity index (χ3n) is 5.05. The summed E-state index contributed by atoms with van der Waals surface area (Å²) >= 11 is 0. The topological polar surface area (TPSA) is 25.8 Å². The minimum atomic E-state index is 0. The van der Waals surface area contributed by atoms with Gasteiger partial charge in [-0.05, 0) is 46.9 Å². The van der Waals surface area contributed by atoms with E-state index in [-0.39, 0.29) is 36.3 Å². The molecule has 2 aromatic heterocycles. The van der Waals surface area contributed by atoms with Gasteiger partial charge in [-0.2, -0.15) is 0 Å². The standard InChI is InChI=1S/2C14H22NP.Pd/c2*1-12(2)16(13(3)4)11-7-9-14-8-5-6-10-15-14;/h2*5-8,10-13H,9H2,1-4H3;. The quantitative estimate of drug-likeness (QED) is 0.208. The van der Waals surface area contributed by atoms with Crippen molar-refractivity contribution in [1.29, 1.82) is 0 Å². The zero-order valence-electron chi connectivity index (χ0n) is 21.8. The van der Waals surface area contributed by atoms with Crippen molar-refractivity contribution < 1.29 is 20.4 Å². The summed E-state index contributed by atoms with van der Waals surface area (Å²) in [7, 11) is 0.0335. The predicted molar refractivity (Wildman–Crippen MR) is 149 cm³/mol. The van der Waals surface area contributed by atoms with Gasteiger partial charge in [0.2, 0.25) is 0 Å². The fraction of sp³-hybridized carbons (Fsp3) is 0.500. The van der Waals surface area contributed by atoms with Crippen LogP contribution in [-0.2, 0) is 33.3 Å². The van der Waals surface area contributed by atoms with Crippen LogP contribution in [0.1, 0.15) is 66.8 Å². The molecule has 0 aliphatic heterocycles. The van der Waals surface area contributed by atoms with Crippen LogP contribution in [0, 0.1) is 0 Å². The molecule has 186 valence electrons. The van der Waals surface area contributed by atoms with E-state index in [1.54, 1.807) is 0 Å². The molecule has 0 bridgehead atoms. The summed E-state index contributed by atoms with van der Waals surface area (Å²) in [6.45, 7) is 18.5. The molecule has 0 aliphatic carbocycles. The number of pyridine rings is 2. The number of rotatable bonds is 10. The average Bonchev–Trinajstić information content (AvgIpc) is 2.75. The minimum Gasteiger partial charge on any atom is -0.261 e. The first-order valence-electron chi connectivity index (χ1n) is 11.9. The van der Waals surface area contributed by atoms with Gasteiger partial charge in [0.05, 0.1) is 0 Å². The van der Waals surface area contributed by atoms with Gasteiger partial charge in [0.15, 0.2) is 0 Å². The molecule has 0 unspecified atom stereocenters. The van der Waals surface area contributed by atoms with Crippen molar-refractivity contribution in [3.8, 4) is 0 Å². The molecule has 2 heterocycles. The van der Waals surface area contributed by atoms with Crippen LogP contribution in [0.25, 0.3) is 0 Å². The third-order valence-corrected chi connectivity index (χ3v) is 10.9. The van der Waals surface area contributed by atoms with Gasteiger partial charge in [-0.25, -0.2) is 0 Å². The molecule has 0 aliphatic rings. The van der Waals surface area contributed by atoms with Crippen molar-refractivity contribution in [3.63, 3.8) is 0 Å². The van der Waals surface area contributed by atoms with Crippen molar-refractivity contribution >= 4 is 15.8 Å². The molecule has 0 radical (unpaired) electrons. The van der Waals surface area contributed by atoms with E-state index in [4.69, 9.17) is 0 Å². The molecule has 0 spiro atoms.